The van der Waals surface area contributed by atoms with E-state index in [0.717, 1.165) is 0 Å². The molecule has 2 aliphatic heterocycles. The van der Waals surface area contributed by atoms with Crippen molar-refractivity contribution < 1.29 is 32.1 Å². The molecule has 0 radical (unpaired) electrons. The van der Waals surface area contributed by atoms with Gasteiger partial charge in [0.15, 0.2) is 0 Å². The minimum atomic E-state index is -4.56. The molecule has 2 aromatic rings. The summed E-state index contributed by atoms with van der Waals surface area (Å²) in [7, 11) is 0. The summed E-state index contributed by atoms with van der Waals surface area (Å²) in [4.78, 5) is 0. The number of allylic oxidation sites excluding steroid dienone is 2. The van der Waals surface area contributed by atoms with Crippen LogP contribution in [0.4, 0.5) is 13.2 Å². The smallest absolute Gasteiger partial charge is 0.402 e. The number of epoxide rings is 2. The van der Waals surface area contributed by atoms with Crippen LogP contribution in [0.1, 0.15) is 29.2 Å². The highest BCUT2D eigenvalue weighted by Gasteiger charge is 2.55. The Morgan fingerprint density at radius 1 is 0.853 bits per heavy atom. The Labute approximate surface area is 198 Å². The van der Waals surface area contributed by atoms with E-state index in [0.29, 0.717) is 49.1 Å². The van der Waals surface area contributed by atoms with E-state index in [1.165, 1.54) is 19.1 Å². The second-order valence-corrected chi connectivity index (χ2v) is 8.78. The molecule has 2 heterocycles. The SMILES string of the molecule is C=CCc1cc(OCC2CO2)ccc1C(C)(c1ccc(OCC2CO2)cc1CC=C)C(F)(F)F. The molecule has 2 fully saturated rings. The quantitative estimate of drug-likeness (QED) is 0.298. The normalized spacial score (nSPS) is 20.8. The van der Waals surface area contributed by atoms with Gasteiger partial charge in [-0.2, -0.15) is 13.2 Å². The van der Waals surface area contributed by atoms with Crippen LogP contribution in [0, 0.1) is 0 Å². The first-order valence-electron chi connectivity index (χ1n) is 11.3. The first kappa shape index (κ1) is 24.4. The van der Waals surface area contributed by atoms with Crippen LogP contribution in [-0.2, 0) is 27.7 Å². The molecule has 0 aromatic heterocycles. The number of hydrogen-bond donors (Lipinski definition) is 0. The van der Waals surface area contributed by atoms with Crippen molar-refractivity contribution >= 4 is 0 Å². The first-order valence-corrected chi connectivity index (χ1v) is 11.3. The molecule has 0 aliphatic carbocycles. The second-order valence-electron chi connectivity index (χ2n) is 8.78. The molecule has 2 unspecified atom stereocenters. The molecule has 34 heavy (non-hydrogen) atoms. The van der Waals surface area contributed by atoms with Gasteiger partial charge >= 0.3 is 6.18 Å². The maximum Gasteiger partial charge on any atom is 0.402 e. The molecule has 0 bridgehead atoms. The summed E-state index contributed by atoms with van der Waals surface area (Å²) in [6.07, 6.45) is -0.702. The highest BCUT2D eigenvalue weighted by molar-refractivity contribution is 5.52. The minimum absolute atomic E-state index is 0.0524. The van der Waals surface area contributed by atoms with Gasteiger partial charge in [0.25, 0.3) is 0 Å². The van der Waals surface area contributed by atoms with Gasteiger partial charge in [0.2, 0.25) is 0 Å². The Bertz CT molecular complexity index is 965. The minimum Gasteiger partial charge on any atom is -0.491 e. The van der Waals surface area contributed by atoms with Crippen LogP contribution in [0.2, 0.25) is 0 Å². The average molecular weight is 475 g/mol. The van der Waals surface area contributed by atoms with Gasteiger partial charge in [-0.25, -0.2) is 0 Å². The third-order valence-corrected chi connectivity index (χ3v) is 6.20. The van der Waals surface area contributed by atoms with Crippen LogP contribution in [-0.4, -0.2) is 44.8 Å². The number of benzene rings is 2. The third kappa shape index (κ3) is 5.31. The van der Waals surface area contributed by atoms with Gasteiger partial charge in [0.1, 0.15) is 42.3 Å². The highest BCUT2D eigenvalue weighted by Crippen LogP contribution is 2.49. The maximum absolute atomic E-state index is 14.9. The molecule has 0 amide bonds. The summed E-state index contributed by atoms with van der Waals surface area (Å²) >= 11 is 0. The van der Waals surface area contributed by atoms with E-state index in [9.17, 15) is 13.2 Å². The molecule has 7 heteroatoms. The lowest BCUT2D eigenvalue weighted by Crippen LogP contribution is -2.42. The molecule has 182 valence electrons. The van der Waals surface area contributed by atoms with Crippen molar-refractivity contribution in [3.05, 3.63) is 84.0 Å². The number of ether oxygens (including phenoxy) is 4. The number of rotatable bonds is 12. The summed E-state index contributed by atoms with van der Waals surface area (Å²) in [5.74, 6) is 1.02. The maximum atomic E-state index is 14.9. The number of halogens is 3. The lowest BCUT2D eigenvalue weighted by molar-refractivity contribution is -0.173. The Hall–Kier alpha value is -2.77. The monoisotopic (exact) mass is 474 g/mol. The van der Waals surface area contributed by atoms with Gasteiger partial charge in [0, 0.05) is 0 Å². The van der Waals surface area contributed by atoms with Crippen LogP contribution in [0.25, 0.3) is 0 Å². The Morgan fingerprint density at radius 3 is 1.59 bits per heavy atom. The molecule has 0 saturated carbocycles. The van der Waals surface area contributed by atoms with Gasteiger partial charge < -0.3 is 18.9 Å². The van der Waals surface area contributed by atoms with Gasteiger partial charge in [-0.15, -0.1) is 13.2 Å². The number of hydrogen-bond acceptors (Lipinski definition) is 4. The van der Waals surface area contributed by atoms with E-state index >= 15 is 0 Å². The topological polar surface area (TPSA) is 43.5 Å². The van der Waals surface area contributed by atoms with Gasteiger partial charge in [-0.05, 0) is 66.3 Å². The standard InChI is InChI=1S/C27H29F3O4/c1-4-6-18-12-20(31-14-22-16-33-22)8-10-24(18)26(3,27(28,29)30)25-11-9-21(13-19(25)7-5-2)32-15-23-17-34-23/h4-5,8-13,22-23H,1-2,6-7,14-17H2,3H3. The van der Waals surface area contributed by atoms with Crippen LogP contribution in [0.5, 0.6) is 11.5 Å². The predicted octanol–water partition coefficient (Wildman–Crippen LogP) is 5.57. The average Bonchev–Trinajstić information content (AvgIpc) is 3.71. The molecular formula is C27H29F3O4. The third-order valence-electron chi connectivity index (χ3n) is 6.20. The summed E-state index contributed by atoms with van der Waals surface area (Å²) in [6, 6.07) is 9.56. The lowest BCUT2D eigenvalue weighted by Gasteiger charge is -2.36. The fraction of sp³-hybridized carbons (Fsp3) is 0.407. The van der Waals surface area contributed by atoms with Gasteiger partial charge in [0.05, 0.1) is 13.2 Å². The van der Waals surface area contributed by atoms with E-state index in [-0.39, 0.29) is 36.2 Å². The largest absolute Gasteiger partial charge is 0.491 e. The molecule has 2 aliphatic rings. The highest BCUT2D eigenvalue weighted by atomic mass is 19.4. The van der Waals surface area contributed by atoms with E-state index in [1.807, 2.05) is 0 Å². The molecule has 2 aromatic carbocycles. The Morgan fingerprint density at radius 2 is 1.26 bits per heavy atom. The van der Waals surface area contributed by atoms with Crippen LogP contribution in [0.15, 0.2) is 61.7 Å². The van der Waals surface area contributed by atoms with Crippen molar-refractivity contribution in [1.29, 1.82) is 0 Å². The van der Waals surface area contributed by atoms with Gasteiger partial charge in [-0.1, -0.05) is 24.3 Å². The molecule has 0 N–H and O–H groups in total. The van der Waals surface area contributed by atoms with E-state index in [1.54, 1.807) is 36.4 Å². The van der Waals surface area contributed by atoms with Crippen molar-refractivity contribution in [3.63, 3.8) is 0 Å². The van der Waals surface area contributed by atoms with E-state index < -0.39 is 11.6 Å². The van der Waals surface area contributed by atoms with Crippen LogP contribution in [0.3, 0.4) is 0 Å². The zero-order valence-corrected chi connectivity index (χ0v) is 19.2. The fourth-order valence-corrected chi connectivity index (χ4v) is 4.10. The summed E-state index contributed by atoms with van der Waals surface area (Å²) in [6.45, 7) is 10.8. The van der Waals surface area contributed by atoms with Crippen molar-refractivity contribution in [2.45, 2.75) is 43.6 Å². The summed E-state index contributed by atoms with van der Waals surface area (Å²) < 4.78 is 66.4. The van der Waals surface area contributed by atoms with E-state index in [4.69, 9.17) is 18.9 Å². The van der Waals surface area contributed by atoms with Gasteiger partial charge in [-0.3, -0.25) is 0 Å². The number of alkyl halides is 3. The lowest BCUT2D eigenvalue weighted by atomic mass is 9.71. The molecule has 4 nitrogen and oxygen atoms in total. The zero-order chi connectivity index (χ0) is 24.3. The molecule has 2 saturated heterocycles. The molecule has 2 atom stereocenters. The second kappa shape index (κ2) is 9.84. The van der Waals surface area contributed by atoms with Crippen molar-refractivity contribution in [1.82, 2.24) is 0 Å². The van der Waals surface area contributed by atoms with Crippen molar-refractivity contribution in [2.24, 2.45) is 0 Å². The first-order chi connectivity index (χ1) is 16.3. The summed E-state index contributed by atoms with van der Waals surface area (Å²) in [5.41, 5.74) is -0.903. The Balaban J connectivity index is 1.76. The Kier molecular flexibility index (Phi) is 7.05. The van der Waals surface area contributed by atoms with E-state index in [2.05, 4.69) is 13.2 Å². The fourth-order valence-electron chi connectivity index (χ4n) is 4.10. The predicted molar refractivity (Wildman–Crippen MR) is 124 cm³/mol. The van der Waals surface area contributed by atoms with Crippen LogP contribution < -0.4 is 9.47 Å². The molecular weight excluding hydrogens is 445 g/mol. The zero-order valence-electron chi connectivity index (χ0n) is 19.2. The van der Waals surface area contributed by atoms with Crippen LogP contribution >= 0.6 is 0 Å². The summed E-state index contributed by atoms with van der Waals surface area (Å²) in [5, 5.41) is 0. The van der Waals surface area contributed by atoms with Crippen molar-refractivity contribution in [2.75, 3.05) is 26.4 Å². The molecule has 4 rings (SSSR count). The van der Waals surface area contributed by atoms with Crippen molar-refractivity contribution in [3.8, 4) is 11.5 Å². The molecule has 0 spiro atoms.